The fourth-order valence-corrected chi connectivity index (χ4v) is 1.99. The van der Waals surface area contributed by atoms with Crippen molar-refractivity contribution in [3.8, 4) is 5.75 Å². The van der Waals surface area contributed by atoms with Crippen LogP contribution in [0.25, 0.3) is 0 Å². The van der Waals surface area contributed by atoms with Crippen LogP contribution in [0.15, 0.2) is 36.4 Å². The zero-order valence-electron chi connectivity index (χ0n) is 11.7. The second-order valence-corrected chi connectivity index (χ2v) is 4.93. The van der Waals surface area contributed by atoms with Crippen molar-refractivity contribution in [3.05, 3.63) is 42.0 Å². The summed E-state index contributed by atoms with van der Waals surface area (Å²) in [6.07, 6.45) is 11.6. The minimum Gasteiger partial charge on any atom is -0.508 e. The van der Waals surface area contributed by atoms with Gasteiger partial charge in [0.2, 0.25) is 0 Å². The zero-order valence-corrected chi connectivity index (χ0v) is 11.7. The molecular weight excluding hydrogens is 236 g/mol. The lowest BCUT2D eigenvalue weighted by atomic mass is 9.99. The van der Waals surface area contributed by atoms with E-state index in [1.165, 1.54) is 19.3 Å². The summed E-state index contributed by atoms with van der Waals surface area (Å²) in [6, 6.07) is 7.18. The van der Waals surface area contributed by atoms with Gasteiger partial charge >= 0.3 is 0 Å². The first kappa shape index (κ1) is 15.5. The van der Waals surface area contributed by atoms with E-state index in [0.717, 1.165) is 31.1 Å². The fraction of sp³-hybridized carbons (Fsp3) is 0.471. The van der Waals surface area contributed by atoms with Crippen molar-refractivity contribution >= 4 is 6.29 Å². The number of hydrogen-bond donors (Lipinski definition) is 1. The smallest absolute Gasteiger partial charge is 0.126 e. The molecule has 0 unspecified atom stereocenters. The number of carbonyl (C=O) groups is 1. The highest BCUT2D eigenvalue weighted by molar-refractivity contribution is 5.56. The Balaban J connectivity index is 2.31. The predicted octanol–water partition coefficient (Wildman–Crippen LogP) is 4.28. The Morgan fingerprint density at radius 1 is 1.21 bits per heavy atom. The number of phenols is 1. The molecule has 19 heavy (non-hydrogen) atoms. The zero-order chi connectivity index (χ0) is 13.9. The van der Waals surface area contributed by atoms with Crippen LogP contribution in [-0.2, 0) is 11.2 Å². The highest BCUT2D eigenvalue weighted by atomic mass is 16.3. The molecule has 0 radical (unpaired) electrons. The van der Waals surface area contributed by atoms with Gasteiger partial charge in [-0.05, 0) is 43.4 Å². The van der Waals surface area contributed by atoms with Crippen LogP contribution >= 0.6 is 0 Å². The van der Waals surface area contributed by atoms with E-state index < -0.39 is 0 Å². The second-order valence-electron chi connectivity index (χ2n) is 4.93. The van der Waals surface area contributed by atoms with Crippen molar-refractivity contribution in [2.24, 2.45) is 5.92 Å². The molecule has 1 atom stereocenters. The van der Waals surface area contributed by atoms with Crippen molar-refractivity contribution in [1.82, 2.24) is 0 Å². The molecule has 1 rings (SSSR count). The molecule has 0 spiro atoms. The Bertz CT molecular complexity index is 379. The maximum Gasteiger partial charge on any atom is 0.126 e. The molecule has 2 nitrogen and oxygen atoms in total. The molecule has 0 saturated carbocycles. The van der Waals surface area contributed by atoms with E-state index in [-0.39, 0.29) is 11.7 Å². The fourth-order valence-electron chi connectivity index (χ4n) is 1.99. The molecule has 0 aromatic heterocycles. The Hall–Kier alpha value is -1.57. The van der Waals surface area contributed by atoms with Gasteiger partial charge in [-0.3, -0.25) is 0 Å². The van der Waals surface area contributed by atoms with Crippen LogP contribution in [0.4, 0.5) is 0 Å². The van der Waals surface area contributed by atoms with Crippen molar-refractivity contribution < 1.29 is 9.90 Å². The van der Waals surface area contributed by atoms with Crippen molar-refractivity contribution in [2.45, 2.75) is 45.4 Å². The van der Waals surface area contributed by atoms with Gasteiger partial charge in [0, 0.05) is 5.92 Å². The largest absolute Gasteiger partial charge is 0.508 e. The molecular formula is C17H24O2. The average Bonchev–Trinajstić information content (AvgIpc) is 2.44. The summed E-state index contributed by atoms with van der Waals surface area (Å²) in [5, 5.41) is 9.20. The highest BCUT2D eigenvalue weighted by Gasteiger charge is 2.03. The lowest BCUT2D eigenvalue weighted by Crippen LogP contribution is -2.00. The summed E-state index contributed by atoms with van der Waals surface area (Å²) in [6.45, 7) is 2.19. The van der Waals surface area contributed by atoms with E-state index in [1.807, 2.05) is 18.2 Å². The topological polar surface area (TPSA) is 37.3 Å². The minimum atomic E-state index is 0.00966. The van der Waals surface area contributed by atoms with E-state index in [0.29, 0.717) is 0 Å². The quantitative estimate of drug-likeness (QED) is 0.409. The number of benzene rings is 1. The van der Waals surface area contributed by atoms with Gasteiger partial charge in [0.1, 0.15) is 12.0 Å². The first-order valence-corrected chi connectivity index (χ1v) is 7.16. The summed E-state index contributed by atoms with van der Waals surface area (Å²) in [7, 11) is 0. The molecule has 0 aliphatic rings. The first-order chi connectivity index (χ1) is 9.26. The summed E-state index contributed by atoms with van der Waals surface area (Å²) in [5.74, 6) is 0.293. The number of aryl methyl sites for hydroxylation is 1. The van der Waals surface area contributed by atoms with Crippen molar-refractivity contribution in [3.63, 3.8) is 0 Å². The van der Waals surface area contributed by atoms with E-state index in [1.54, 1.807) is 12.1 Å². The monoisotopic (exact) mass is 260 g/mol. The van der Waals surface area contributed by atoms with Gasteiger partial charge in [-0.1, -0.05) is 44.1 Å². The van der Waals surface area contributed by atoms with Gasteiger partial charge in [-0.2, -0.15) is 0 Å². The summed E-state index contributed by atoms with van der Waals surface area (Å²) < 4.78 is 0. The second kappa shape index (κ2) is 9.37. The van der Waals surface area contributed by atoms with Gasteiger partial charge in [-0.15, -0.1) is 0 Å². The van der Waals surface area contributed by atoms with E-state index in [4.69, 9.17) is 0 Å². The molecule has 0 heterocycles. The Kier molecular flexibility index (Phi) is 7.64. The van der Waals surface area contributed by atoms with E-state index in [2.05, 4.69) is 13.0 Å². The first-order valence-electron chi connectivity index (χ1n) is 7.16. The molecule has 2 heteroatoms. The lowest BCUT2D eigenvalue weighted by molar-refractivity contribution is -0.110. The van der Waals surface area contributed by atoms with Gasteiger partial charge in [0.15, 0.2) is 0 Å². The molecule has 0 fully saturated rings. The van der Waals surface area contributed by atoms with Crippen LogP contribution in [-0.4, -0.2) is 11.4 Å². The molecule has 0 bridgehead atoms. The van der Waals surface area contributed by atoms with Crippen LogP contribution < -0.4 is 0 Å². The molecule has 0 aliphatic carbocycles. The Morgan fingerprint density at radius 2 is 1.95 bits per heavy atom. The third kappa shape index (κ3) is 6.80. The van der Waals surface area contributed by atoms with E-state index in [9.17, 15) is 9.90 Å². The number of aldehydes is 1. The predicted molar refractivity (Wildman–Crippen MR) is 79.3 cm³/mol. The summed E-state index contributed by atoms with van der Waals surface area (Å²) in [5.41, 5.74) is 1.16. The third-order valence-corrected chi connectivity index (χ3v) is 3.24. The van der Waals surface area contributed by atoms with Crippen LogP contribution in [0.3, 0.4) is 0 Å². The maximum absolute atomic E-state index is 11.0. The molecule has 1 aromatic rings. The van der Waals surface area contributed by atoms with Gasteiger partial charge in [-0.25, -0.2) is 0 Å². The number of unbranched alkanes of at least 4 members (excludes halogenated alkanes) is 3. The number of carbonyl (C=O) groups excluding carboxylic acids is 1. The number of phenolic OH excluding ortho intramolecular Hbond substituents is 1. The molecule has 104 valence electrons. The van der Waals surface area contributed by atoms with Crippen molar-refractivity contribution in [2.75, 3.05) is 0 Å². The Labute approximate surface area is 116 Å². The minimum absolute atomic E-state index is 0.00966. The molecule has 1 N–H and O–H groups in total. The van der Waals surface area contributed by atoms with Crippen LogP contribution in [0.5, 0.6) is 5.75 Å². The molecule has 0 amide bonds. The number of rotatable bonds is 9. The van der Waals surface area contributed by atoms with Crippen molar-refractivity contribution in [1.29, 1.82) is 0 Å². The Morgan fingerprint density at radius 3 is 2.58 bits per heavy atom. The third-order valence-electron chi connectivity index (χ3n) is 3.24. The van der Waals surface area contributed by atoms with Crippen LogP contribution in [0.1, 0.15) is 44.6 Å². The van der Waals surface area contributed by atoms with Gasteiger partial charge in [0.05, 0.1) is 0 Å². The van der Waals surface area contributed by atoms with Crippen LogP contribution in [0, 0.1) is 5.92 Å². The standard InChI is InChI=1S/C17H24O2/c1-2-3-4-5-6-7-16(14-18)9-8-15-10-12-17(19)13-11-15/h6-7,10-14,16,19H,2-5,8-9H2,1H3/b7-6+/t16-/m1/s1. The summed E-state index contributed by atoms with van der Waals surface area (Å²) >= 11 is 0. The van der Waals surface area contributed by atoms with Gasteiger partial charge < -0.3 is 9.90 Å². The molecule has 0 saturated heterocycles. The SMILES string of the molecule is CCCCC/C=C/[C@@H](C=O)CCc1ccc(O)cc1. The number of allylic oxidation sites excluding steroid dienone is 2. The maximum atomic E-state index is 11.0. The normalized spacial score (nSPS) is 12.7. The number of aromatic hydroxyl groups is 1. The molecule has 1 aromatic carbocycles. The lowest BCUT2D eigenvalue weighted by Gasteiger charge is -2.05. The average molecular weight is 260 g/mol. The van der Waals surface area contributed by atoms with E-state index >= 15 is 0 Å². The highest BCUT2D eigenvalue weighted by Crippen LogP contribution is 2.14. The van der Waals surface area contributed by atoms with Crippen LogP contribution in [0.2, 0.25) is 0 Å². The molecule has 0 aliphatic heterocycles. The number of hydrogen-bond acceptors (Lipinski definition) is 2. The summed E-state index contributed by atoms with van der Waals surface area (Å²) in [4.78, 5) is 11.0. The van der Waals surface area contributed by atoms with Gasteiger partial charge in [0.25, 0.3) is 0 Å².